The molecular formula is C11H23ClN2O3. The molecule has 5 nitrogen and oxygen atoms in total. The van der Waals surface area contributed by atoms with Crippen LogP contribution in [0.2, 0.25) is 0 Å². The average molecular weight is 267 g/mol. The SMILES string of the molecule is CCC(C)C(N)C(=O)NCC(C)C(=O)OC.Cl. The summed E-state index contributed by atoms with van der Waals surface area (Å²) in [5.74, 6) is -0.769. The van der Waals surface area contributed by atoms with Gasteiger partial charge in [-0.15, -0.1) is 12.4 Å². The Morgan fingerprint density at radius 2 is 1.88 bits per heavy atom. The Morgan fingerprint density at radius 3 is 2.29 bits per heavy atom. The normalized spacial score (nSPS) is 15.1. The number of hydrogen-bond donors (Lipinski definition) is 2. The number of hydrogen-bond acceptors (Lipinski definition) is 4. The van der Waals surface area contributed by atoms with Crippen molar-refractivity contribution >= 4 is 24.3 Å². The van der Waals surface area contributed by atoms with Gasteiger partial charge in [0.05, 0.1) is 19.1 Å². The summed E-state index contributed by atoms with van der Waals surface area (Å²) < 4.78 is 4.55. The smallest absolute Gasteiger partial charge is 0.310 e. The summed E-state index contributed by atoms with van der Waals surface area (Å²) in [6.07, 6.45) is 0.848. The van der Waals surface area contributed by atoms with Gasteiger partial charge >= 0.3 is 5.97 Å². The molecule has 0 aliphatic rings. The van der Waals surface area contributed by atoms with E-state index in [1.807, 2.05) is 13.8 Å². The van der Waals surface area contributed by atoms with Crippen LogP contribution in [-0.4, -0.2) is 31.6 Å². The zero-order valence-electron chi connectivity index (χ0n) is 10.9. The Kier molecular flexibility index (Phi) is 10.1. The third kappa shape index (κ3) is 6.48. The van der Waals surface area contributed by atoms with Crippen LogP contribution in [0.15, 0.2) is 0 Å². The van der Waals surface area contributed by atoms with Crippen molar-refractivity contribution in [3.8, 4) is 0 Å². The van der Waals surface area contributed by atoms with Crippen molar-refractivity contribution in [2.45, 2.75) is 33.2 Å². The monoisotopic (exact) mass is 266 g/mol. The van der Waals surface area contributed by atoms with Gasteiger partial charge in [-0.25, -0.2) is 0 Å². The summed E-state index contributed by atoms with van der Waals surface area (Å²) >= 11 is 0. The molecule has 0 spiro atoms. The number of amides is 1. The number of carbonyl (C=O) groups excluding carboxylic acids is 2. The van der Waals surface area contributed by atoms with E-state index in [0.717, 1.165) is 6.42 Å². The second kappa shape index (κ2) is 9.24. The van der Waals surface area contributed by atoms with Crippen LogP contribution in [0.3, 0.4) is 0 Å². The lowest BCUT2D eigenvalue weighted by Gasteiger charge is -2.18. The molecule has 0 bridgehead atoms. The summed E-state index contributed by atoms with van der Waals surface area (Å²) in [4.78, 5) is 22.6. The van der Waals surface area contributed by atoms with Crippen LogP contribution in [0.5, 0.6) is 0 Å². The molecule has 0 heterocycles. The van der Waals surface area contributed by atoms with Crippen molar-refractivity contribution < 1.29 is 14.3 Å². The quantitative estimate of drug-likeness (QED) is 0.694. The first-order valence-corrected chi connectivity index (χ1v) is 5.55. The molecule has 3 unspecified atom stereocenters. The maximum Gasteiger partial charge on any atom is 0.310 e. The Bertz CT molecular complexity index is 249. The molecule has 0 aromatic carbocycles. The highest BCUT2D eigenvalue weighted by atomic mass is 35.5. The van der Waals surface area contributed by atoms with Gasteiger partial charge in [0.15, 0.2) is 0 Å². The summed E-state index contributed by atoms with van der Waals surface area (Å²) in [6, 6.07) is -0.519. The minimum atomic E-state index is -0.519. The summed E-state index contributed by atoms with van der Waals surface area (Å²) in [5, 5.41) is 2.65. The fraction of sp³-hybridized carbons (Fsp3) is 0.818. The van der Waals surface area contributed by atoms with E-state index in [9.17, 15) is 9.59 Å². The van der Waals surface area contributed by atoms with Gasteiger partial charge < -0.3 is 15.8 Å². The number of esters is 1. The van der Waals surface area contributed by atoms with E-state index in [1.54, 1.807) is 6.92 Å². The molecule has 102 valence electrons. The van der Waals surface area contributed by atoms with E-state index >= 15 is 0 Å². The van der Waals surface area contributed by atoms with Crippen molar-refractivity contribution in [3.63, 3.8) is 0 Å². The highest BCUT2D eigenvalue weighted by Gasteiger charge is 2.21. The van der Waals surface area contributed by atoms with E-state index in [4.69, 9.17) is 5.73 Å². The summed E-state index contributed by atoms with van der Waals surface area (Å²) in [7, 11) is 1.32. The summed E-state index contributed by atoms with van der Waals surface area (Å²) in [5.41, 5.74) is 5.74. The van der Waals surface area contributed by atoms with Crippen molar-refractivity contribution in [1.82, 2.24) is 5.32 Å². The molecule has 0 fully saturated rings. The van der Waals surface area contributed by atoms with Gasteiger partial charge in [-0.1, -0.05) is 27.2 Å². The fourth-order valence-electron chi connectivity index (χ4n) is 1.17. The molecule has 0 aromatic rings. The maximum absolute atomic E-state index is 11.6. The predicted molar refractivity (Wildman–Crippen MR) is 68.9 cm³/mol. The number of ether oxygens (including phenoxy) is 1. The van der Waals surface area contributed by atoms with Crippen molar-refractivity contribution in [3.05, 3.63) is 0 Å². The lowest BCUT2D eigenvalue weighted by atomic mass is 9.99. The van der Waals surface area contributed by atoms with Crippen LogP contribution < -0.4 is 11.1 Å². The largest absolute Gasteiger partial charge is 0.469 e. The van der Waals surface area contributed by atoms with Crippen LogP contribution >= 0.6 is 12.4 Å². The fourth-order valence-corrected chi connectivity index (χ4v) is 1.17. The third-order valence-electron chi connectivity index (χ3n) is 2.75. The third-order valence-corrected chi connectivity index (χ3v) is 2.75. The van der Waals surface area contributed by atoms with Crippen LogP contribution in [0.25, 0.3) is 0 Å². The molecule has 0 aromatic heterocycles. The zero-order valence-corrected chi connectivity index (χ0v) is 11.7. The van der Waals surface area contributed by atoms with Crippen molar-refractivity contribution in [2.75, 3.05) is 13.7 Å². The van der Waals surface area contributed by atoms with Crippen molar-refractivity contribution in [1.29, 1.82) is 0 Å². The van der Waals surface area contributed by atoms with Gasteiger partial charge in [0.25, 0.3) is 0 Å². The van der Waals surface area contributed by atoms with Crippen LogP contribution in [0.1, 0.15) is 27.2 Å². The lowest BCUT2D eigenvalue weighted by molar-refractivity contribution is -0.144. The number of nitrogens with two attached hydrogens (primary N) is 1. The minimum Gasteiger partial charge on any atom is -0.469 e. The Labute approximate surface area is 109 Å². The van der Waals surface area contributed by atoms with E-state index in [2.05, 4.69) is 10.1 Å². The van der Waals surface area contributed by atoms with Gasteiger partial charge in [0, 0.05) is 6.54 Å². The molecule has 0 radical (unpaired) electrons. The Balaban J connectivity index is 0. The number of nitrogens with one attached hydrogen (secondary N) is 1. The van der Waals surface area contributed by atoms with Crippen LogP contribution in [-0.2, 0) is 14.3 Å². The Hall–Kier alpha value is -0.810. The van der Waals surface area contributed by atoms with E-state index < -0.39 is 6.04 Å². The predicted octanol–water partition coefficient (Wildman–Crippen LogP) is 0.707. The van der Waals surface area contributed by atoms with Gasteiger partial charge in [-0.3, -0.25) is 9.59 Å². The number of halogens is 1. The molecule has 3 atom stereocenters. The molecule has 6 heteroatoms. The van der Waals surface area contributed by atoms with Gasteiger partial charge in [0.2, 0.25) is 5.91 Å². The molecule has 0 saturated heterocycles. The van der Waals surface area contributed by atoms with E-state index in [-0.39, 0.29) is 42.7 Å². The van der Waals surface area contributed by atoms with Gasteiger partial charge in [0.1, 0.15) is 0 Å². The molecule has 17 heavy (non-hydrogen) atoms. The average Bonchev–Trinajstić information content (AvgIpc) is 2.32. The number of methoxy groups -OCH3 is 1. The minimum absolute atomic E-state index is 0. The zero-order chi connectivity index (χ0) is 12.7. The maximum atomic E-state index is 11.6. The number of rotatable bonds is 6. The highest BCUT2D eigenvalue weighted by Crippen LogP contribution is 2.05. The van der Waals surface area contributed by atoms with Gasteiger partial charge in [-0.05, 0) is 5.92 Å². The van der Waals surface area contributed by atoms with Gasteiger partial charge in [-0.2, -0.15) is 0 Å². The van der Waals surface area contributed by atoms with E-state index in [0.29, 0.717) is 0 Å². The summed E-state index contributed by atoms with van der Waals surface area (Å²) in [6.45, 7) is 5.86. The molecule has 0 saturated carbocycles. The molecule has 0 aliphatic heterocycles. The second-order valence-corrected chi connectivity index (χ2v) is 4.08. The first-order valence-electron chi connectivity index (χ1n) is 5.55. The Morgan fingerprint density at radius 1 is 1.35 bits per heavy atom. The first-order chi connectivity index (χ1) is 7.43. The van der Waals surface area contributed by atoms with E-state index in [1.165, 1.54) is 7.11 Å². The second-order valence-electron chi connectivity index (χ2n) is 4.08. The highest BCUT2D eigenvalue weighted by molar-refractivity contribution is 5.85. The van der Waals surface area contributed by atoms with Crippen LogP contribution in [0, 0.1) is 11.8 Å². The first kappa shape index (κ1) is 18.6. The molecule has 0 aliphatic carbocycles. The lowest BCUT2D eigenvalue weighted by Crippen LogP contribution is -2.46. The standard InChI is InChI=1S/C11H22N2O3.ClH/c1-5-7(2)9(12)10(14)13-6-8(3)11(15)16-4;/h7-9H,5-6,12H2,1-4H3,(H,13,14);1H. The molecular weight excluding hydrogens is 244 g/mol. The number of carbonyl (C=O) groups is 2. The topological polar surface area (TPSA) is 81.4 Å². The molecule has 1 amide bonds. The molecule has 0 rings (SSSR count). The van der Waals surface area contributed by atoms with Crippen molar-refractivity contribution in [2.24, 2.45) is 17.6 Å². The van der Waals surface area contributed by atoms with Crippen LogP contribution in [0.4, 0.5) is 0 Å². The molecule has 3 N–H and O–H groups in total.